The molecular formula is C10H14N2OS. The van der Waals surface area contributed by atoms with Crippen molar-refractivity contribution >= 4 is 12.8 Å². The molecule has 1 aliphatic heterocycles. The van der Waals surface area contributed by atoms with E-state index in [-0.39, 0.29) is 0 Å². The Balaban J connectivity index is 1.87. The predicted octanol–water partition coefficient (Wildman–Crippen LogP) is 1.77. The quantitative estimate of drug-likeness (QED) is 0.753. The van der Waals surface area contributed by atoms with Crippen molar-refractivity contribution in [1.82, 2.24) is 9.29 Å². The zero-order chi connectivity index (χ0) is 9.80. The molecule has 0 spiro atoms. The molecule has 0 aromatic carbocycles. The molecule has 0 unspecified atom stereocenters. The molecule has 14 heavy (non-hydrogen) atoms. The zero-order valence-corrected chi connectivity index (χ0v) is 8.86. The Morgan fingerprint density at radius 2 is 2.14 bits per heavy atom. The molecule has 1 aromatic rings. The highest BCUT2D eigenvalue weighted by Gasteiger charge is 2.18. The van der Waals surface area contributed by atoms with E-state index in [1.54, 1.807) is 6.20 Å². The van der Waals surface area contributed by atoms with Gasteiger partial charge in [0.25, 0.3) is 0 Å². The van der Waals surface area contributed by atoms with Gasteiger partial charge in [-0.3, -0.25) is 4.31 Å². The average molecular weight is 210 g/mol. The molecule has 0 amide bonds. The van der Waals surface area contributed by atoms with Crippen molar-refractivity contribution in [2.75, 3.05) is 13.1 Å². The fraction of sp³-hybridized carbons (Fsp3) is 0.500. The van der Waals surface area contributed by atoms with Crippen LogP contribution < -0.4 is 4.74 Å². The third-order valence-electron chi connectivity index (χ3n) is 2.34. The Hall–Kier alpha value is -0.740. The molecule has 2 rings (SSSR count). The second-order valence-electron chi connectivity index (χ2n) is 3.44. The van der Waals surface area contributed by atoms with E-state index in [1.165, 1.54) is 0 Å². The molecular weight excluding hydrogens is 196 g/mol. The van der Waals surface area contributed by atoms with Crippen LogP contribution in [0.1, 0.15) is 12.8 Å². The minimum absolute atomic E-state index is 0.299. The molecule has 2 heterocycles. The number of thiol groups is 1. The summed E-state index contributed by atoms with van der Waals surface area (Å²) in [6.45, 7) is 1.97. The number of piperidine rings is 1. The number of hydrogen-bond donors (Lipinski definition) is 1. The number of hydrogen-bond acceptors (Lipinski definition) is 4. The monoisotopic (exact) mass is 210 g/mol. The smallest absolute Gasteiger partial charge is 0.213 e. The first kappa shape index (κ1) is 9.80. The van der Waals surface area contributed by atoms with Crippen LogP contribution in [0.25, 0.3) is 0 Å². The number of nitrogens with zero attached hydrogens (tertiary/aromatic N) is 2. The van der Waals surface area contributed by atoms with E-state index in [9.17, 15) is 0 Å². The summed E-state index contributed by atoms with van der Waals surface area (Å²) in [6.07, 6.45) is 4.11. The fourth-order valence-electron chi connectivity index (χ4n) is 1.55. The topological polar surface area (TPSA) is 25.4 Å². The van der Waals surface area contributed by atoms with Crippen LogP contribution in [0.5, 0.6) is 5.88 Å². The highest BCUT2D eigenvalue weighted by molar-refractivity contribution is 7.77. The molecule has 0 radical (unpaired) electrons. The number of rotatable bonds is 2. The van der Waals surface area contributed by atoms with E-state index in [0.29, 0.717) is 6.10 Å². The van der Waals surface area contributed by atoms with Crippen molar-refractivity contribution < 1.29 is 4.74 Å². The highest BCUT2D eigenvalue weighted by Crippen LogP contribution is 2.17. The summed E-state index contributed by atoms with van der Waals surface area (Å²) in [4.78, 5) is 4.14. The molecule has 76 valence electrons. The van der Waals surface area contributed by atoms with Crippen LogP contribution in [0.3, 0.4) is 0 Å². The molecule has 0 bridgehead atoms. The largest absolute Gasteiger partial charge is 0.474 e. The standard InChI is InChI=1S/C10H14N2OS/c14-12-7-4-9(5-8-12)13-10-3-1-2-6-11-10/h1-3,6,9,14H,4-5,7-8H2. The Kier molecular flexibility index (Phi) is 3.26. The summed E-state index contributed by atoms with van der Waals surface area (Å²) >= 11 is 4.29. The lowest BCUT2D eigenvalue weighted by Gasteiger charge is -2.27. The first-order valence-corrected chi connectivity index (χ1v) is 5.26. The van der Waals surface area contributed by atoms with Gasteiger partial charge in [0, 0.05) is 25.4 Å². The second kappa shape index (κ2) is 4.66. The Morgan fingerprint density at radius 1 is 1.36 bits per heavy atom. The maximum Gasteiger partial charge on any atom is 0.213 e. The summed E-state index contributed by atoms with van der Waals surface area (Å²) in [7, 11) is 0. The molecule has 1 saturated heterocycles. The molecule has 0 atom stereocenters. The maximum atomic E-state index is 5.73. The van der Waals surface area contributed by atoms with Crippen molar-refractivity contribution in [2.45, 2.75) is 18.9 Å². The summed E-state index contributed by atoms with van der Waals surface area (Å²) in [5, 5.41) is 0. The summed E-state index contributed by atoms with van der Waals surface area (Å²) in [5.74, 6) is 0.727. The predicted molar refractivity (Wildman–Crippen MR) is 58.4 cm³/mol. The lowest BCUT2D eigenvalue weighted by Crippen LogP contribution is -2.33. The van der Waals surface area contributed by atoms with Gasteiger partial charge in [0.15, 0.2) is 0 Å². The van der Waals surface area contributed by atoms with Gasteiger partial charge in [-0.05, 0) is 18.9 Å². The number of aromatic nitrogens is 1. The average Bonchev–Trinajstić information content (AvgIpc) is 2.23. The van der Waals surface area contributed by atoms with E-state index in [0.717, 1.165) is 31.8 Å². The van der Waals surface area contributed by atoms with E-state index in [2.05, 4.69) is 17.8 Å². The molecule has 4 heteroatoms. The second-order valence-corrected chi connectivity index (χ2v) is 4.00. The van der Waals surface area contributed by atoms with Crippen molar-refractivity contribution in [3.05, 3.63) is 24.4 Å². The van der Waals surface area contributed by atoms with E-state index in [4.69, 9.17) is 4.74 Å². The van der Waals surface area contributed by atoms with Crippen LogP contribution in [-0.4, -0.2) is 28.5 Å². The molecule has 1 fully saturated rings. The zero-order valence-electron chi connectivity index (χ0n) is 7.97. The first-order chi connectivity index (χ1) is 6.84. The van der Waals surface area contributed by atoms with Crippen LogP contribution in [0.15, 0.2) is 24.4 Å². The maximum absolute atomic E-state index is 5.73. The normalized spacial score (nSPS) is 19.5. The first-order valence-electron chi connectivity index (χ1n) is 4.86. The van der Waals surface area contributed by atoms with Crippen LogP contribution in [-0.2, 0) is 0 Å². The third-order valence-corrected chi connectivity index (χ3v) is 2.74. The van der Waals surface area contributed by atoms with Gasteiger partial charge in [0.2, 0.25) is 5.88 Å². The van der Waals surface area contributed by atoms with Gasteiger partial charge in [0.05, 0.1) is 0 Å². The van der Waals surface area contributed by atoms with Gasteiger partial charge >= 0.3 is 0 Å². The van der Waals surface area contributed by atoms with Crippen molar-refractivity contribution in [2.24, 2.45) is 0 Å². The Bertz CT molecular complexity index is 273. The Labute approximate surface area is 89.6 Å². The van der Waals surface area contributed by atoms with Gasteiger partial charge in [-0.1, -0.05) is 18.9 Å². The van der Waals surface area contributed by atoms with Gasteiger partial charge in [-0.2, -0.15) is 0 Å². The summed E-state index contributed by atoms with van der Waals surface area (Å²) in [5.41, 5.74) is 0. The lowest BCUT2D eigenvalue weighted by molar-refractivity contribution is 0.134. The molecule has 1 aliphatic rings. The van der Waals surface area contributed by atoms with E-state index < -0.39 is 0 Å². The minimum atomic E-state index is 0.299. The van der Waals surface area contributed by atoms with E-state index in [1.807, 2.05) is 22.5 Å². The van der Waals surface area contributed by atoms with Gasteiger partial charge in [0.1, 0.15) is 6.10 Å². The fourth-order valence-corrected chi connectivity index (χ4v) is 1.78. The highest BCUT2D eigenvalue weighted by atomic mass is 32.1. The summed E-state index contributed by atoms with van der Waals surface area (Å²) in [6, 6.07) is 5.73. The van der Waals surface area contributed by atoms with Crippen molar-refractivity contribution in [3.8, 4) is 5.88 Å². The summed E-state index contributed by atoms with van der Waals surface area (Å²) < 4.78 is 7.76. The van der Waals surface area contributed by atoms with Crippen molar-refractivity contribution in [1.29, 1.82) is 0 Å². The molecule has 1 aromatic heterocycles. The van der Waals surface area contributed by atoms with Gasteiger partial charge < -0.3 is 4.74 Å². The molecule has 0 aliphatic carbocycles. The molecule has 0 saturated carbocycles. The number of ether oxygens (including phenoxy) is 1. The van der Waals surface area contributed by atoms with Gasteiger partial charge in [-0.15, -0.1) is 0 Å². The van der Waals surface area contributed by atoms with Crippen LogP contribution in [0.4, 0.5) is 0 Å². The Morgan fingerprint density at radius 3 is 2.79 bits per heavy atom. The molecule has 3 nitrogen and oxygen atoms in total. The lowest BCUT2D eigenvalue weighted by atomic mass is 10.1. The van der Waals surface area contributed by atoms with Crippen LogP contribution in [0, 0.1) is 0 Å². The van der Waals surface area contributed by atoms with Gasteiger partial charge in [-0.25, -0.2) is 4.98 Å². The van der Waals surface area contributed by atoms with Crippen LogP contribution >= 0.6 is 12.8 Å². The van der Waals surface area contributed by atoms with E-state index >= 15 is 0 Å². The SMILES string of the molecule is SN1CCC(Oc2ccccn2)CC1. The third kappa shape index (κ3) is 2.62. The van der Waals surface area contributed by atoms with Crippen molar-refractivity contribution in [3.63, 3.8) is 0 Å². The minimum Gasteiger partial charge on any atom is -0.474 e. The molecule has 0 N–H and O–H groups in total. The van der Waals surface area contributed by atoms with Crippen LogP contribution in [0.2, 0.25) is 0 Å². The number of pyridine rings is 1.